The average Bonchev–Trinajstić information content (AvgIpc) is 2.92. The number of hydrogen-bond acceptors (Lipinski definition) is 4. The Bertz CT molecular complexity index is 768. The van der Waals surface area contributed by atoms with Crippen molar-refractivity contribution < 1.29 is 14.0 Å². The van der Waals surface area contributed by atoms with Crippen molar-refractivity contribution in [3.8, 4) is 28.6 Å². The van der Waals surface area contributed by atoms with E-state index in [0.717, 1.165) is 0 Å². The van der Waals surface area contributed by atoms with E-state index in [1.54, 1.807) is 43.3 Å². The fraction of sp³-hybridized carbons (Fsp3) is 0.0667. The maximum Gasteiger partial charge on any atom is 0.258 e. The van der Waals surface area contributed by atoms with Crippen LogP contribution < -0.4 is 0 Å². The van der Waals surface area contributed by atoms with Gasteiger partial charge in [0.05, 0.1) is 0 Å². The molecule has 3 rings (SSSR count). The first-order chi connectivity index (χ1) is 9.63. The highest BCUT2D eigenvalue weighted by atomic mass is 19.1. The van der Waals surface area contributed by atoms with E-state index in [2.05, 4.69) is 10.1 Å². The molecule has 0 atom stereocenters. The molecular formula is C15H11FN2O2. The lowest BCUT2D eigenvalue weighted by Crippen LogP contribution is -1.85. The first kappa shape index (κ1) is 12.3. The Labute approximate surface area is 114 Å². The number of halogens is 1. The van der Waals surface area contributed by atoms with Crippen LogP contribution >= 0.6 is 0 Å². The summed E-state index contributed by atoms with van der Waals surface area (Å²) in [6, 6.07) is 11.2. The number of hydrogen-bond donors (Lipinski definition) is 1. The van der Waals surface area contributed by atoms with Gasteiger partial charge in [0, 0.05) is 11.1 Å². The van der Waals surface area contributed by atoms with Gasteiger partial charge in [-0.3, -0.25) is 0 Å². The van der Waals surface area contributed by atoms with Gasteiger partial charge >= 0.3 is 0 Å². The van der Waals surface area contributed by atoms with Crippen LogP contribution in [-0.4, -0.2) is 15.2 Å². The molecule has 20 heavy (non-hydrogen) atoms. The van der Waals surface area contributed by atoms with E-state index in [9.17, 15) is 9.50 Å². The van der Waals surface area contributed by atoms with E-state index >= 15 is 0 Å². The number of aromatic nitrogens is 2. The maximum absolute atomic E-state index is 13.2. The maximum atomic E-state index is 13.2. The molecule has 2 aromatic carbocycles. The van der Waals surface area contributed by atoms with Gasteiger partial charge in [-0.25, -0.2) is 4.39 Å². The van der Waals surface area contributed by atoms with Gasteiger partial charge in [-0.15, -0.1) is 0 Å². The molecule has 0 spiro atoms. The monoisotopic (exact) mass is 270 g/mol. The van der Waals surface area contributed by atoms with Gasteiger partial charge in [0.15, 0.2) is 0 Å². The molecule has 1 N–H and O–H groups in total. The number of aromatic hydroxyl groups is 1. The van der Waals surface area contributed by atoms with E-state index in [4.69, 9.17) is 4.52 Å². The van der Waals surface area contributed by atoms with Gasteiger partial charge in [0.25, 0.3) is 5.89 Å². The molecule has 1 aromatic heterocycles. The topological polar surface area (TPSA) is 59.2 Å². The summed E-state index contributed by atoms with van der Waals surface area (Å²) in [6.45, 7) is 1.67. The lowest BCUT2D eigenvalue weighted by molar-refractivity contribution is 0.432. The largest absolute Gasteiger partial charge is 0.508 e. The molecule has 100 valence electrons. The predicted octanol–water partition coefficient (Wildman–Crippen LogP) is 3.56. The highest BCUT2D eigenvalue weighted by Gasteiger charge is 2.12. The van der Waals surface area contributed by atoms with Crippen molar-refractivity contribution in [1.82, 2.24) is 10.1 Å². The van der Waals surface area contributed by atoms with E-state index in [1.165, 1.54) is 6.07 Å². The molecule has 1 heterocycles. The van der Waals surface area contributed by atoms with Crippen molar-refractivity contribution in [2.45, 2.75) is 6.92 Å². The Morgan fingerprint density at radius 3 is 2.70 bits per heavy atom. The SMILES string of the molecule is Cc1cc(-c2nc(-c3cccc(O)c3)no2)ccc1F. The molecule has 0 radical (unpaired) electrons. The van der Waals surface area contributed by atoms with Crippen LogP contribution in [0.15, 0.2) is 47.0 Å². The second-order valence-electron chi connectivity index (χ2n) is 4.44. The predicted molar refractivity (Wildman–Crippen MR) is 71.5 cm³/mol. The van der Waals surface area contributed by atoms with Gasteiger partial charge in [-0.1, -0.05) is 17.3 Å². The van der Waals surface area contributed by atoms with Crippen molar-refractivity contribution in [3.05, 3.63) is 53.8 Å². The molecule has 0 unspecified atom stereocenters. The lowest BCUT2D eigenvalue weighted by Gasteiger charge is -1.98. The summed E-state index contributed by atoms with van der Waals surface area (Å²) < 4.78 is 18.4. The molecule has 0 saturated heterocycles. The van der Waals surface area contributed by atoms with Crippen LogP contribution in [0.4, 0.5) is 4.39 Å². The van der Waals surface area contributed by atoms with Crippen LogP contribution in [0.25, 0.3) is 22.8 Å². The third kappa shape index (κ3) is 2.25. The highest BCUT2D eigenvalue weighted by molar-refractivity contribution is 5.61. The zero-order chi connectivity index (χ0) is 14.1. The Kier molecular flexibility index (Phi) is 2.95. The summed E-state index contributed by atoms with van der Waals surface area (Å²) in [7, 11) is 0. The summed E-state index contributed by atoms with van der Waals surface area (Å²) in [6.07, 6.45) is 0. The fourth-order valence-corrected chi connectivity index (χ4v) is 1.88. The first-order valence-electron chi connectivity index (χ1n) is 6.03. The minimum absolute atomic E-state index is 0.131. The van der Waals surface area contributed by atoms with Crippen LogP contribution in [0.1, 0.15) is 5.56 Å². The molecule has 0 aliphatic carbocycles. The number of benzene rings is 2. The third-order valence-electron chi connectivity index (χ3n) is 2.94. The van der Waals surface area contributed by atoms with Crippen LogP contribution in [0.5, 0.6) is 5.75 Å². The standard InChI is InChI=1S/C15H11FN2O2/c1-9-7-11(5-6-13(9)16)15-17-14(18-20-15)10-3-2-4-12(19)8-10/h2-8,19H,1H3. The van der Waals surface area contributed by atoms with Crippen LogP contribution in [0.2, 0.25) is 0 Å². The Balaban J connectivity index is 1.99. The first-order valence-corrected chi connectivity index (χ1v) is 6.03. The molecule has 0 amide bonds. The molecule has 0 fully saturated rings. The molecule has 0 bridgehead atoms. The number of rotatable bonds is 2. The van der Waals surface area contributed by atoms with Crippen molar-refractivity contribution in [2.24, 2.45) is 0 Å². The number of nitrogens with zero attached hydrogens (tertiary/aromatic N) is 2. The van der Waals surface area contributed by atoms with Crippen LogP contribution in [0, 0.1) is 12.7 Å². The zero-order valence-electron chi connectivity index (χ0n) is 10.7. The van der Waals surface area contributed by atoms with E-state index in [1.807, 2.05) is 0 Å². The highest BCUT2D eigenvalue weighted by Crippen LogP contribution is 2.25. The molecule has 4 nitrogen and oxygen atoms in total. The van der Waals surface area contributed by atoms with Gasteiger partial charge in [-0.2, -0.15) is 4.98 Å². The van der Waals surface area contributed by atoms with E-state index in [-0.39, 0.29) is 11.6 Å². The Hall–Kier alpha value is -2.69. The third-order valence-corrected chi connectivity index (χ3v) is 2.94. The quantitative estimate of drug-likeness (QED) is 0.773. The Morgan fingerprint density at radius 1 is 1.10 bits per heavy atom. The van der Waals surface area contributed by atoms with Gasteiger partial charge in [0.1, 0.15) is 11.6 Å². The second-order valence-corrected chi connectivity index (χ2v) is 4.44. The molecule has 0 saturated carbocycles. The van der Waals surface area contributed by atoms with Gasteiger partial charge in [-0.05, 0) is 42.8 Å². The smallest absolute Gasteiger partial charge is 0.258 e. The van der Waals surface area contributed by atoms with Crippen LogP contribution in [-0.2, 0) is 0 Å². The summed E-state index contributed by atoms with van der Waals surface area (Å²) in [5, 5.41) is 13.3. The van der Waals surface area contributed by atoms with E-state index in [0.29, 0.717) is 28.4 Å². The van der Waals surface area contributed by atoms with Gasteiger partial charge in [0.2, 0.25) is 5.82 Å². The van der Waals surface area contributed by atoms with Crippen molar-refractivity contribution in [3.63, 3.8) is 0 Å². The number of aryl methyl sites for hydroxylation is 1. The number of phenolic OH excluding ortho intramolecular Hbond substituents is 1. The van der Waals surface area contributed by atoms with Crippen LogP contribution in [0.3, 0.4) is 0 Å². The number of phenols is 1. The summed E-state index contributed by atoms with van der Waals surface area (Å²) in [5.41, 5.74) is 1.82. The summed E-state index contributed by atoms with van der Waals surface area (Å²) in [4.78, 5) is 4.25. The Morgan fingerprint density at radius 2 is 1.95 bits per heavy atom. The zero-order valence-corrected chi connectivity index (χ0v) is 10.7. The average molecular weight is 270 g/mol. The summed E-state index contributed by atoms with van der Waals surface area (Å²) in [5.74, 6) is 0.539. The van der Waals surface area contributed by atoms with Gasteiger partial charge < -0.3 is 9.63 Å². The molecule has 0 aliphatic rings. The minimum Gasteiger partial charge on any atom is -0.508 e. The molecular weight excluding hydrogens is 259 g/mol. The minimum atomic E-state index is -0.276. The second kappa shape index (κ2) is 4.77. The molecule has 3 aromatic rings. The van der Waals surface area contributed by atoms with E-state index < -0.39 is 0 Å². The lowest BCUT2D eigenvalue weighted by atomic mass is 10.1. The van der Waals surface area contributed by atoms with Crippen molar-refractivity contribution in [1.29, 1.82) is 0 Å². The normalized spacial score (nSPS) is 10.7. The molecule has 5 heteroatoms. The van der Waals surface area contributed by atoms with Crippen molar-refractivity contribution >= 4 is 0 Å². The molecule has 0 aliphatic heterocycles. The summed E-state index contributed by atoms with van der Waals surface area (Å²) >= 11 is 0. The fourth-order valence-electron chi connectivity index (χ4n) is 1.88. The van der Waals surface area contributed by atoms with Crippen molar-refractivity contribution in [2.75, 3.05) is 0 Å².